The van der Waals surface area contributed by atoms with Crippen molar-refractivity contribution in [2.75, 3.05) is 11.1 Å². The van der Waals surface area contributed by atoms with Crippen LogP contribution in [0.4, 0.5) is 17.3 Å². The van der Waals surface area contributed by atoms with E-state index in [1.807, 2.05) is 30.3 Å². The molecule has 100 valence electrons. The van der Waals surface area contributed by atoms with Gasteiger partial charge in [-0.05, 0) is 18.2 Å². The van der Waals surface area contributed by atoms with Crippen LogP contribution in [0.2, 0.25) is 10.0 Å². The molecular weight excluding hydrogens is 295 g/mol. The lowest BCUT2D eigenvalue weighted by atomic mass is 10.2. The SMILES string of the molecule is Nc1nc(Nc2cccc3cccnc23)c(Cl)cc1Cl. The summed E-state index contributed by atoms with van der Waals surface area (Å²) in [5.41, 5.74) is 7.34. The van der Waals surface area contributed by atoms with Gasteiger partial charge in [0.1, 0.15) is 5.82 Å². The highest BCUT2D eigenvalue weighted by atomic mass is 35.5. The Kier molecular flexibility index (Phi) is 3.34. The molecule has 0 aliphatic rings. The molecule has 0 radical (unpaired) electrons. The lowest BCUT2D eigenvalue weighted by Gasteiger charge is -2.10. The van der Waals surface area contributed by atoms with E-state index < -0.39 is 0 Å². The molecule has 1 aromatic carbocycles. The molecule has 3 N–H and O–H groups in total. The van der Waals surface area contributed by atoms with E-state index >= 15 is 0 Å². The minimum Gasteiger partial charge on any atom is -0.382 e. The van der Waals surface area contributed by atoms with Crippen LogP contribution in [-0.2, 0) is 0 Å². The van der Waals surface area contributed by atoms with Crippen LogP contribution in [0.5, 0.6) is 0 Å². The number of rotatable bonds is 2. The van der Waals surface area contributed by atoms with Crippen molar-refractivity contribution < 1.29 is 0 Å². The summed E-state index contributed by atoms with van der Waals surface area (Å²) in [4.78, 5) is 8.51. The number of hydrogen-bond acceptors (Lipinski definition) is 4. The number of benzene rings is 1. The van der Waals surface area contributed by atoms with Crippen LogP contribution in [0.1, 0.15) is 0 Å². The third-order valence-electron chi connectivity index (χ3n) is 2.84. The van der Waals surface area contributed by atoms with Crippen molar-refractivity contribution in [3.05, 3.63) is 52.6 Å². The molecule has 0 bridgehead atoms. The second kappa shape index (κ2) is 5.15. The first-order chi connectivity index (χ1) is 9.65. The Labute approximate surface area is 125 Å². The highest BCUT2D eigenvalue weighted by Crippen LogP contribution is 2.31. The molecule has 0 spiro atoms. The number of para-hydroxylation sites is 1. The molecule has 0 saturated carbocycles. The summed E-state index contributed by atoms with van der Waals surface area (Å²) in [5, 5.41) is 4.89. The fraction of sp³-hybridized carbons (Fsp3) is 0. The van der Waals surface area contributed by atoms with Crippen molar-refractivity contribution in [3.8, 4) is 0 Å². The molecule has 3 aromatic rings. The van der Waals surface area contributed by atoms with E-state index in [1.54, 1.807) is 12.3 Å². The average Bonchev–Trinajstić information content (AvgIpc) is 2.45. The zero-order valence-electron chi connectivity index (χ0n) is 10.3. The molecule has 0 saturated heterocycles. The van der Waals surface area contributed by atoms with E-state index in [1.165, 1.54) is 0 Å². The minimum absolute atomic E-state index is 0.228. The largest absolute Gasteiger partial charge is 0.382 e. The van der Waals surface area contributed by atoms with Crippen LogP contribution >= 0.6 is 23.2 Å². The lowest BCUT2D eigenvalue weighted by molar-refractivity contribution is 1.31. The van der Waals surface area contributed by atoms with Crippen molar-refractivity contribution in [3.63, 3.8) is 0 Å². The first-order valence-corrected chi connectivity index (χ1v) is 6.63. The van der Waals surface area contributed by atoms with E-state index in [-0.39, 0.29) is 5.82 Å². The van der Waals surface area contributed by atoms with E-state index in [2.05, 4.69) is 15.3 Å². The summed E-state index contributed by atoms with van der Waals surface area (Å²) in [6.45, 7) is 0. The number of hydrogen-bond donors (Lipinski definition) is 2. The molecule has 0 aliphatic heterocycles. The molecular formula is C14H10Cl2N4. The maximum absolute atomic E-state index is 6.12. The Hall–Kier alpha value is -2.04. The van der Waals surface area contributed by atoms with Gasteiger partial charge in [0.05, 0.1) is 21.2 Å². The number of nitrogen functional groups attached to an aromatic ring is 1. The highest BCUT2D eigenvalue weighted by molar-refractivity contribution is 6.37. The van der Waals surface area contributed by atoms with E-state index in [0.717, 1.165) is 16.6 Å². The van der Waals surface area contributed by atoms with Gasteiger partial charge in [-0.3, -0.25) is 4.98 Å². The molecule has 0 atom stereocenters. The first-order valence-electron chi connectivity index (χ1n) is 5.87. The number of aromatic nitrogens is 2. The zero-order chi connectivity index (χ0) is 14.1. The predicted octanol–water partition coefficient (Wildman–Crippen LogP) is 4.26. The van der Waals surface area contributed by atoms with Crippen LogP contribution in [0.15, 0.2) is 42.6 Å². The van der Waals surface area contributed by atoms with Crippen molar-refractivity contribution in [1.29, 1.82) is 0 Å². The van der Waals surface area contributed by atoms with Gasteiger partial charge in [0.2, 0.25) is 0 Å². The van der Waals surface area contributed by atoms with Gasteiger partial charge < -0.3 is 11.1 Å². The topological polar surface area (TPSA) is 63.8 Å². The fourth-order valence-corrected chi connectivity index (χ4v) is 2.31. The van der Waals surface area contributed by atoms with Gasteiger partial charge in [-0.15, -0.1) is 0 Å². The molecule has 0 aliphatic carbocycles. The van der Waals surface area contributed by atoms with Gasteiger partial charge in [-0.1, -0.05) is 41.4 Å². The molecule has 6 heteroatoms. The van der Waals surface area contributed by atoms with Gasteiger partial charge in [0.15, 0.2) is 5.82 Å². The van der Waals surface area contributed by atoms with E-state index in [4.69, 9.17) is 28.9 Å². The highest BCUT2D eigenvalue weighted by Gasteiger charge is 2.09. The third-order valence-corrected chi connectivity index (χ3v) is 3.43. The van der Waals surface area contributed by atoms with Crippen LogP contribution in [0.25, 0.3) is 10.9 Å². The average molecular weight is 305 g/mol. The van der Waals surface area contributed by atoms with Gasteiger partial charge >= 0.3 is 0 Å². The maximum atomic E-state index is 6.12. The minimum atomic E-state index is 0.228. The summed E-state index contributed by atoms with van der Waals surface area (Å²) < 4.78 is 0. The summed E-state index contributed by atoms with van der Waals surface area (Å²) in [5.74, 6) is 0.679. The Bertz CT molecular complexity index is 784. The number of pyridine rings is 2. The Morgan fingerprint density at radius 2 is 1.85 bits per heavy atom. The number of nitrogens with one attached hydrogen (secondary N) is 1. The molecule has 0 fully saturated rings. The lowest BCUT2D eigenvalue weighted by Crippen LogP contribution is -2.00. The number of fused-ring (bicyclic) bond motifs is 1. The van der Waals surface area contributed by atoms with E-state index in [9.17, 15) is 0 Å². The number of nitrogens with two attached hydrogens (primary N) is 1. The second-order valence-electron chi connectivity index (χ2n) is 4.19. The Morgan fingerprint density at radius 1 is 1.05 bits per heavy atom. The zero-order valence-corrected chi connectivity index (χ0v) is 11.8. The van der Waals surface area contributed by atoms with Gasteiger partial charge in [-0.25, -0.2) is 4.98 Å². The predicted molar refractivity (Wildman–Crippen MR) is 83.7 cm³/mol. The summed E-state index contributed by atoms with van der Waals surface area (Å²) in [6, 6.07) is 11.2. The standard InChI is InChI=1S/C14H10Cl2N4/c15-9-7-10(16)14(20-13(9)17)19-11-5-1-3-8-4-2-6-18-12(8)11/h1-7H,(H3,17,19,20). The Morgan fingerprint density at radius 3 is 2.70 bits per heavy atom. The Balaban J connectivity index is 2.08. The number of nitrogens with zero attached hydrogens (tertiary/aromatic N) is 2. The van der Waals surface area contributed by atoms with Crippen molar-refractivity contribution in [1.82, 2.24) is 9.97 Å². The van der Waals surface area contributed by atoms with Crippen LogP contribution in [-0.4, -0.2) is 9.97 Å². The van der Waals surface area contributed by atoms with Crippen LogP contribution < -0.4 is 11.1 Å². The third kappa shape index (κ3) is 2.35. The van der Waals surface area contributed by atoms with Gasteiger partial charge in [0.25, 0.3) is 0 Å². The second-order valence-corrected chi connectivity index (χ2v) is 5.01. The van der Waals surface area contributed by atoms with Crippen molar-refractivity contribution in [2.45, 2.75) is 0 Å². The van der Waals surface area contributed by atoms with Crippen LogP contribution in [0.3, 0.4) is 0 Å². The molecule has 2 aromatic heterocycles. The van der Waals surface area contributed by atoms with E-state index in [0.29, 0.717) is 15.9 Å². The molecule has 0 amide bonds. The summed E-state index contributed by atoms with van der Waals surface area (Å²) in [7, 11) is 0. The van der Waals surface area contributed by atoms with Crippen molar-refractivity contribution in [2.24, 2.45) is 0 Å². The smallest absolute Gasteiger partial charge is 0.151 e. The normalized spacial score (nSPS) is 10.7. The summed E-state index contributed by atoms with van der Waals surface area (Å²) >= 11 is 12.0. The van der Waals surface area contributed by atoms with Gasteiger partial charge in [0, 0.05) is 11.6 Å². The summed E-state index contributed by atoms with van der Waals surface area (Å²) in [6.07, 6.45) is 1.73. The monoisotopic (exact) mass is 304 g/mol. The van der Waals surface area contributed by atoms with Gasteiger partial charge in [-0.2, -0.15) is 0 Å². The van der Waals surface area contributed by atoms with Crippen LogP contribution in [0, 0.1) is 0 Å². The molecule has 4 nitrogen and oxygen atoms in total. The number of halogens is 2. The quantitative estimate of drug-likeness (QED) is 0.742. The molecule has 20 heavy (non-hydrogen) atoms. The molecule has 2 heterocycles. The number of anilines is 3. The first kappa shape index (κ1) is 13.0. The fourth-order valence-electron chi connectivity index (χ4n) is 1.90. The molecule has 0 unspecified atom stereocenters. The molecule has 3 rings (SSSR count). The van der Waals surface area contributed by atoms with Crippen molar-refractivity contribution >= 4 is 51.4 Å². The maximum Gasteiger partial charge on any atom is 0.151 e.